The van der Waals surface area contributed by atoms with Gasteiger partial charge in [0.15, 0.2) is 5.16 Å². The van der Waals surface area contributed by atoms with Crippen molar-refractivity contribution in [3.8, 4) is 0 Å². The summed E-state index contributed by atoms with van der Waals surface area (Å²) < 4.78 is 0. The van der Waals surface area contributed by atoms with E-state index in [1.807, 2.05) is 0 Å². The molecule has 1 amide bonds. The smallest absolute Gasteiger partial charge is 0.257 e. The zero-order chi connectivity index (χ0) is 15.9. The van der Waals surface area contributed by atoms with E-state index in [4.69, 9.17) is 23.2 Å². The normalized spacial score (nSPS) is 17.0. The van der Waals surface area contributed by atoms with Gasteiger partial charge in [0.1, 0.15) is 5.82 Å². The molecule has 0 bridgehead atoms. The number of carbonyl (C=O) groups excluding carboxylic acids is 1. The summed E-state index contributed by atoms with van der Waals surface area (Å²) in [5, 5.41) is 4.03. The van der Waals surface area contributed by atoms with E-state index in [0.717, 1.165) is 0 Å². The molecule has 1 aliphatic rings. The van der Waals surface area contributed by atoms with Crippen LogP contribution in [-0.2, 0) is 4.79 Å². The minimum absolute atomic E-state index is 0.137. The van der Waals surface area contributed by atoms with Gasteiger partial charge in [-0.05, 0) is 24.0 Å². The first-order valence-electron chi connectivity index (χ1n) is 6.42. The molecule has 1 aromatic heterocycles. The molecule has 0 fully saturated rings. The lowest BCUT2D eigenvalue weighted by Gasteiger charge is -2.25. The second-order valence-corrected chi connectivity index (χ2v) is 6.45. The number of benzene rings is 1. The Labute approximate surface area is 140 Å². The fraction of sp³-hybridized carbons (Fsp3) is 0.214. The fourth-order valence-electron chi connectivity index (χ4n) is 2.50. The summed E-state index contributed by atoms with van der Waals surface area (Å²) in [6.07, 6.45) is 1.93. The summed E-state index contributed by atoms with van der Waals surface area (Å²) in [6.45, 7) is 0. The number of aromatic nitrogens is 2. The molecule has 3 rings (SSSR count). The number of fused-ring (bicyclic) bond motifs is 1. The van der Waals surface area contributed by atoms with Gasteiger partial charge >= 0.3 is 0 Å². The highest BCUT2D eigenvalue weighted by atomic mass is 35.5. The van der Waals surface area contributed by atoms with Crippen LogP contribution < -0.4 is 10.9 Å². The van der Waals surface area contributed by atoms with E-state index in [1.165, 1.54) is 11.8 Å². The molecular formula is C14H11Cl2N3O2S. The number of hydrogen-bond donors (Lipinski definition) is 2. The van der Waals surface area contributed by atoms with Crippen molar-refractivity contribution in [2.75, 3.05) is 11.6 Å². The van der Waals surface area contributed by atoms with Gasteiger partial charge in [-0.25, -0.2) is 4.98 Å². The SMILES string of the molecule is CSc1nc2c(c(=O)[nH]1)C(c1ccc(Cl)cc1Cl)CC(=O)N2. The van der Waals surface area contributed by atoms with E-state index in [1.54, 1.807) is 24.5 Å². The van der Waals surface area contributed by atoms with E-state index in [-0.39, 0.29) is 17.9 Å². The van der Waals surface area contributed by atoms with Crippen molar-refractivity contribution < 1.29 is 4.79 Å². The van der Waals surface area contributed by atoms with Crippen molar-refractivity contribution in [3.63, 3.8) is 0 Å². The molecule has 2 heterocycles. The maximum atomic E-state index is 12.4. The number of nitrogens with one attached hydrogen (secondary N) is 2. The minimum atomic E-state index is -0.444. The number of hydrogen-bond acceptors (Lipinski definition) is 4. The van der Waals surface area contributed by atoms with Gasteiger partial charge in [-0.2, -0.15) is 0 Å². The van der Waals surface area contributed by atoms with Gasteiger partial charge in [0, 0.05) is 22.4 Å². The zero-order valence-electron chi connectivity index (χ0n) is 11.4. The highest BCUT2D eigenvalue weighted by molar-refractivity contribution is 7.98. The van der Waals surface area contributed by atoms with E-state index < -0.39 is 5.92 Å². The molecule has 1 atom stereocenters. The summed E-state index contributed by atoms with van der Waals surface area (Å²) in [6, 6.07) is 5.02. The van der Waals surface area contributed by atoms with Crippen LogP contribution in [0.1, 0.15) is 23.5 Å². The Balaban J connectivity index is 2.19. The molecule has 8 heteroatoms. The largest absolute Gasteiger partial charge is 0.310 e. The summed E-state index contributed by atoms with van der Waals surface area (Å²) in [4.78, 5) is 31.3. The molecule has 22 heavy (non-hydrogen) atoms. The average molecular weight is 356 g/mol. The van der Waals surface area contributed by atoms with Crippen LogP contribution in [0.3, 0.4) is 0 Å². The molecule has 5 nitrogen and oxygen atoms in total. The molecule has 0 aliphatic carbocycles. The second-order valence-electron chi connectivity index (χ2n) is 4.81. The first-order valence-corrected chi connectivity index (χ1v) is 8.40. The summed E-state index contributed by atoms with van der Waals surface area (Å²) in [7, 11) is 0. The van der Waals surface area contributed by atoms with Crippen LogP contribution >= 0.6 is 35.0 Å². The molecule has 114 valence electrons. The number of amides is 1. The Hall–Kier alpha value is -1.50. The number of H-pyrrole nitrogens is 1. The Bertz CT molecular complexity index is 822. The minimum Gasteiger partial charge on any atom is -0.310 e. The van der Waals surface area contributed by atoms with E-state index >= 15 is 0 Å². The quantitative estimate of drug-likeness (QED) is 0.640. The number of rotatable bonds is 2. The van der Waals surface area contributed by atoms with Crippen molar-refractivity contribution in [1.29, 1.82) is 0 Å². The molecule has 0 spiro atoms. The Morgan fingerprint density at radius 3 is 2.77 bits per heavy atom. The van der Waals surface area contributed by atoms with Crippen molar-refractivity contribution in [3.05, 3.63) is 49.7 Å². The monoisotopic (exact) mass is 355 g/mol. The molecule has 0 radical (unpaired) electrons. The first-order chi connectivity index (χ1) is 10.5. The third-order valence-corrected chi connectivity index (χ3v) is 4.60. The van der Waals surface area contributed by atoms with Gasteiger partial charge in [-0.15, -0.1) is 0 Å². The van der Waals surface area contributed by atoms with Crippen molar-refractivity contribution >= 4 is 46.7 Å². The van der Waals surface area contributed by atoms with Crippen LogP contribution in [-0.4, -0.2) is 22.1 Å². The molecule has 2 N–H and O–H groups in total. The topological polar surface area (TPSA) is 74.8 Å². The number of carbonyl (C=O) groups is 1. The highest BCUT2D eigenvalue weighted by Gasteiger charge is 2.32. The molecule has 1 unspecified atom stereocenters. The van der Waals surface area contributed by atoms with Crippen LogP contribution in [0.4, 0.5) is 5.82 Å². The van der Waals surface area contributed by atoms with Gasteiger partial charge in [-0.3, -0.25) is 9.59 Å². The number of aromatic amines is 1. The fourth-order valence-corrected chi connectivity index (χ4v) is 3.41. The maximum Gasteiger partial charge on any atom is 0.257 e. The molecule has 0 saturated carbocycles. The number of nitrogens with zero attached hydrogens (tertiary/aromatic N) is 1. The van der Waals surface area contributed by atoms with Gasteiger partial charge < -0.3 is 10.3 Å². The van der Waals surface area contributed by atoms with Gasteiger partial charge in [-0.1, -0.05) is 41.0 Å². The van der Waals surface area contributed by atoms with Crippen LogP contribution in [0.5, 0.6) is 0 Å². The summed E-state index contributed by atoms with van der Waals surface area (Å²) in [5.74, 6) is -0.352. The van der Waals surface area contributed by atoms with Crippen LogP contribution in [0, 0.1) is 0 Å². The lowest BCUT2D eigenvalue weighted by atomic mass is 9.87. The second kappa shape index (κ2) is 5.95. The Kier molecular flexibility index (Phi) is 4.16. The van der Waals surface area contributed by atoms with Crippen molar-refractivity contribution in [2.45, 2.75) is 17.5 Å². The Morgan fingerprint density at radius 2 is 2.09 bits per heavy atom. The van der Waals surface area contributed by atoms with Gasteiger partial charge in [0.2, 0.25) is 5.91 Å². The molecule has 2 aromatic rings. The lowest BCUT2D eigenvalue weighted by Crippen LogP contribution is -2.31. The van der Waals surface area contributed by atoms with Crippen LogP contribution in [0.2, 0.25) is 10.0 Å². The Morgan fingerprint density at radius 1 is 1.32 bits per heavy atom. The number of anilines is 1. The third kappa shape index (κ3) is 2.74. The standard InChI is InChI=1S/C14H11Cl2N3O2S/c1-22-14-18-12-11(13(21)19-14)8(5-10(20)17-12)7-3-2-6(15)4-9(7)16/h2-4,8H,5H2,1H3,(H2,17,18,19,20,21). The average Bonchev–Trinajstić information content (AvgIpc) is 2.45. The summed E-state index contributed by atoms with van der Waals surface area (Å²) in [5.41, 5.74) is 0.832. The van der Waals surface area contributed by atoms with Gasteiger partial charge in [0.05, 0.1) is 5.56 Å². The number of halogens is 2. The highest BCUT2D eigenvalue weighted by Crippen LogP contribution is 2.38. The molecule has 1 aromatic carbocycles. The lowest BCUT2D eigenvalue weighted by molar-refractivity contribution is -0.116. The summed E-state index contributed by atoms with van der Waals surface area (Å²) >= 11 is 13.4. The predicted molar refractivity (Wildman–Crippen MR) is 88.2 cm³/mol. The van der Waals surface area contributed by atoms with E-state index in [9.17, 15) is 9.59 Å². The predicted octanol–water partition coefficient (Wildman–Crippen LogP) is 3.27. The van der Waals surface area contributed by atoms with Crippen molar-refractivity contribution in [2.24, 2.45) is 0 Å². The molecular weight excluding hydrogens is 345 g/mol. The molecule has 1 aliphatic heterocycles. The van der Waals surface area contributed by atoms with E-state index in [0.29, 0.717) is 32.1 Å². The maximum absolute atomic E-state index is 12.4. The van der Waals surface area contributed by atoms with Crippen LogP contribution in [0.25, 0.3) is 0 Å². The number of thioether (sulfide) groups is 1. The first kappa shape index (κ1) is 15.4. The van der Waals surface area contributed by atoms with Gasteiger partial charge in [0.25, 0.3) is 5.56 Å². The van der Waals surface area contributed by atoms with Crippen molar-refractivity contribution in [1.82, 2.24) is 9.97 Å². The van der Waals surface area contributed by atoms with E-state index in [2.05, 4.69) is 15.3 Å². The molecule has 0 saturated heterocycles. The van der Waals surface area contributed by atoms with Crippen LogP contribution in [0.15, 0.2) is 28.2 Å². The zero-order valence-corrected chi connectivity index (χ0v) is 13.8. The third-order valence-electron chi connectivity index (χ3n) is 3.46.